The monoisotopic (exact) mass is 460 g/mol. The Balaban J connectivity index is 0.00000210. The molecule has 1 aromatic rings. The van der Waals surface area contributed by atoms with Crippen molar-refractivity contribution < 1.29 is 28.1 Å². The molecule has 29 heavy (non-hydrogen) atoms. The number of pyridine rings is 1. The van der Waals surface area contributed by atoms with Crippen LogP contribution in [0.2, 0.25) is 0 Å². The van der Waals surface area contributed by atoms with E-state index in [1.165, 1.54) is 31.7 Å². The van der Waals surface area contributed by atoms with Crippen molar-refractivity contribution in [3.8, 4) is 5.88 Å². The SMILES string of the molecule is Cl.Cl.O[C@@H]1CC(CNCC2CCCC2)(COc2ccc(C(F)(F)F)cn2)C[C@@H]1O. The maximum Gasteiger partial charge on any atom is 0.417 e. The number of alkyl halides is 3. The molecule has 10 heteroatoms. The Labute approximate surface area is 181 Å². The number of aliphatic hydroxyl groups excluding tert-OH is 2. The predicted molar refractivity (Wildman–Crippen MR) is 108 cm³/mol. The first-order valence-electron chi connectivity index (χ1n) is 9.50. The highest BCUT2D eigenvalue weighted by atomic mass is 35.5. The predicted octanol–water partition coefficient (Wildman–Crippen LogP) is 3.60. The van der Waals surface area contributed by atoms with Crippen molar-refractivity contribution in [2.45, 2.75) is 56.9 Å². The summed E-state index contributed by atoms with van der Waals surface area (Å²) in [5.41, 5.74) is -1.29. The van der Waals surface area contributed by atoms with Gasteiger partial charge in [0.2, 0.25) is 5.88 Å². The standard InChI is InChI=1S/C19H27F3N2O3.2ClH/c20-19(21,22)14-5-6-17(24-10-14)27-12-18(7-15(25)16(26)8-18)11-23-9-13-3-1-2-4-13;;/h5-6,10,13,15-16,23,25-26H,1-4,7-9,11-12H2;2*1H/t15-,16+,18?;;. The molecular weight excluding hydrogens is 432 g/mol. The first-order chi connectivity index (χ1) is 12.8. The molecule has 168 valence electrons. The molecule has 5 nitrogen and oxygen atoms in total. The van der Waals surface area contributed by atoms with Gasteiger partial charge in [-0.1, -0.05) is 12.8 Å². The van der Waals surface area contributed by atoms with Crippen LogP contribution in [0.15, 0.2) is 18.3 Å². The fraction of sp³-hybridized carbons (Fsp3) is 0.737. The molecule has 2 aliphatic carbocycles. The molecule has 0 saturated heterocycles. The van der Waals surface area contributed by atoms with Gasteiger partial charge in [0, 0.05) is 24.2 Å². The zero-order valence-electron chi connectivity index (χ0n) is 16.0. The Morgan fingerprint density at radius 2 is 1.72 bits per heavy atom. The van der Waals surface area contributed by atoms with Crippen LogP contribution in [0.4, 0.5) is 13.2 Å². The zero-order valence-corrected chi connectivity index (χ0v) is 17.7. The molecule has 3 atom stereocenters. The minimum Gasteiger partial charge on any atom is -0.477 e. The number of hydrogen-bond acceptors (Lipinski definition) is 5. The van der Waals surface area contributed by atoms with Crippen molar-refractivity contribution in [3.63, 3.8) is 0 Å². The van der Waals surface area contributed by atoms with Crippen LogP contribution in [0.25, 0.3) is 0 Å². The lowest BCUT2D eigenvalue weighted by Crippen LogP contribution is -2.39. The molecule has 0 spiro atoms. The number of nitrogens with one attached hydrogen (secondary N) is 1. The second kappa shape index (κ2) is 11.0. The van der Waals surface area contributed by atoms with Crippen molar-refractivity contribution in [2.24, 2.45) is 11.3 Å². The average molecular weight is 461 g/mol. The number of hydrogen-bond donors (Lipinski definition) is 3. The zero-order chi connectivity index (χ0) is 19.5. The van der Waals surface area contributed by atoms with E-state index < -0.39 is 29.4 Å². The van der Waals surface area contributed by atoms with Gasteiger partial charge in [-0.2, -0.15) is 13.2 Å². The number of rotatable bonds is 7. The van der Waals surface area contributed by atoms with Crippen molar-refractivity contribution in [1.29, 1.82) is 0 Å². The third kappa shape index (κ3) is 7.14. The lowest BCUT2D eigenvalue weighted by atomic mass is 9.86. The fourth-order valence-corrected chi connectivity index (χ4v) is 4.17. The van der Waals surface area contributed by atoms with E-state index in [0.29, 0.717) is 25.3 Å². The van der Waals surface area contributed by atoms with E-state index in [9.17, 15) is 23.4 Å². The summed E-state index contributed by atoms with van der Waals surface area (Å²) in [6.07, 6.45) is 0.405. The number of aliphatic hydroxyl groups is 2. The van der Waals surface area contributed by atoms with Crippen LogP contribution in [-0.4, -0.2) is 47.1 Å². The lowest BCUT2D eigenvalue weighted by molar-refractivity contribution is -0.137. The summed E-state index contributed by atoms with van der Waals surface area (Å²) in [6.45, 7) is 1.65. The van der Waals surface area contributed by atoms with E-state index in [2.05, 4.69) is 10.3 Å². The molecule has 2 aliphatic rings. The third-order valence-electron chi connectivity index (χ3n) is 5.73. The second-order valence-corrected chi connectivity index (χ2v) is 8.00. The minimum atomic E-state index is -4.43. The van der Waals surface area contributed by atoms with Gasteiger partial charge in [0.25, 0.3) is 0 Å². The summed E-state index contributed by atoms with van der Waals surface area (Å²) < 4.78 is 43.5. The van der Waals surface area contributed by atoms with E-state index in [0.717, 1.165) is 18.8 Å². The van der Waals surface area contributed by atoms with Gasteiger partial charge in [-0.15, -0.1) is 24.8 Å². The molecule has 0 aliphatic heterocycles. The maximum absolute atomic E-state index is 12.6. The highest BCUT2D eigenvalue weighted by Crippen LogP contribution is 2.39. The summed E-state index contributed by atoms with van der Waals surface area (Å²) in [4.78, 5) is 3.73. The number of halogens is 5. The quantitative estimate of drug-likeness (QED) is 0.579. The summed E-state index contributed by atoms with van der Waals surface area (Å²) in [5.74, 6) is 0.768. The van der Waals surface area contributed by atoms with Crippen LogP contribution in [-0.2, 0) is 6.18 Å². The van der Waals surface area contributed by atoms with Gasteiger partial charge in [-0.25, -0.2) is 4.98 Å². The molecule has 1 unspecified atom stereocenters. The molecule has 1 aromatic heterocycles. The summed E-state index contributed by atoms with van der Waals surface area (Å²) in [6, 6.07) is 2.13. The van der Waals surface area contributed by atoms with Gasteiger partial charge < -0.3 is 20.3 Å². The molecule has 2 saturated carbocycles. The van der Waals surface area contributed by atoms with Crippen molar-refractivity contribution in [1.82, 2.24) is 10.3 Å². The molecule has 3 N–H and O–H groups in total. The van der Waals surface area contributed by atoms with Crippen molar-refractivity contribution in [2.75, 3.05) is 19.7 Å². The first kappa shape index (κ1) is 26.2. The van der Waals surface area contributed by atoms with E-state index in [-0.39, 0.29) is 37.3 Å². The topological polar surface area (TPSA) is 74.6 Å². The number of aromatic nitrogens is 1. The van der Waals surface area contributed by atoms with Crippen molar-refractivity contribution in [3.05, 3.63) is 23.9 Å². The van der Waals surface area contributed by atoms with E-state index in [1.54, 1.807) is 0 Å². The third-order valence-corrected chi connectivity index (χ3v) is 5.73. The Morgan fingerprint density at radius 1 is 1.10 bits per heavy atom. The summed E-state index contributed by atoms with van der Waals surface area (Å²) >= 11 is 0. The van der Waals surface area contributed by atoms with E-state index in [1.807, 2.05) is 0 Å². The Kier molecular flexibility index (Phi) is 9.95. The largest absolute Gasteiger partial charge is 0.477 e. The Bertz CT molecular complexity index is 604. The molecule has 0 bridgehead atoms. The van der Waals surface area contributed by atoms with Crippen LogP contribution in [0.5, 0.6) is 5.88 Å². The first-order valence-corrected chi connectivity index (χ1v) is 9.50. The van der Waals surface area contributed by atoms with Crippen LogP contribution < -0.4 is 10.1 Å². The molecule has 2 fully saturated rings. The van der Waals surface area contributed by atoms with Crippen LogP contribution in [0.1, 0.15) is 44.1 Å². The van der Waals surface area contributed by atoms with Gasteiger partial charge in [0.1, 0.15) is 0 Å². The molecule has 0 radical (unpaired) electrons. The second-order valence-electron chi connectivity index (χ2n) is 8.00. The van der Waals surface area contributed by atoms with Crippen LogP contribution >= 0.6 is 24.8 Å². The summed E-state index contributed by atoms with van der Waals surface area (Å²) in [5, 5.41) is 23.4. The van der Waals surface area contributed by atoms with Gasteiger partial charge >= 0.3 is 6.18 Å². The van der Waals surface area contributed by atoms with E-state index >= 15 is 0 Å². The normalized spacial score (nSPS) is 27.3. The molecule has 0 aromatic carbocycles. The van der Waals surface area contributed by atoms with Crippen LogP contribution in [0, 0.1) is 11.3 Å². The average Bonchev–Trinajstić information content (AvgIpc) is 3.22. The highest BCUT2D eigenvalue weighted by molar-refractivity contribution is 5.85. The maximum atomic E-state index is 12.6. The Hall–Kier alpha value is -0.800. The minimum absolute atomic E-state index is 0. The van der Waals surface area contributed by atoms with Crippen molar-refractivity contribution >= 4 is 24.8 Å². The fourth-order valence-electron chi connectivity index (χ4n) is 4.17. The van der Waals surface area contributed by atoms with Gasteiger partial charge in [-0.05, 0) is 44.2 Å². The lowest BCUT2D eigenvalue weighted by Gasteiger charge is -2.29. The van der Waals surface area contributed by atoms with Gasteiger partial charge in [-0.3, -0.25) is 0 Å². The molecular formula is C19H29Cl2F3N2O3. The molecule has 0 amide bonds. The Morgan fingerprint density at radius 3 is 2.24 bits per heavy atom. The van der Waals surface area contributed by atoms with Gasteiger partial charge in [0.15, 0.2) is 0 Å². The molecule has 3 rings (SSSR count). The number of ether oxygens (including phenoxy) is 1. The summed E-state index contributed by atoms with van der Waals surface area (Å²) in [7, 11) is 0. The van der Waals surface area contributed by atoms with Crippen LogP contribution in [0.3, 0.4) is 0 Å². The molecule has 1 heterocycles. The number of nitrogens with zero attached hydrogens (tertiary/aromatic N) is 1. The highest BCUT2D eigenvalue weighted by Gasteiger charge is 2.44. The van der Waals surface area contributed by atoms with Gasteiger partial charge in [0.05, 0.1) is 24.4 Å². The smallest absolute Gasteiger partial charge is 0.417 e. The van der Waals surface area contributed by atoms with E-state index in [4.69, 9.17) is 4.74 Å².